The molecule has 1 aliphatic carbocycles. The molecule has 0 aliphatic heterocycles. The van der Waals surface area contributed by atoms with Gasteiger partial charge in [0, 0.05) is 25.7 Å². The largest absolute Gasteiger partial charge is 0.492 e. The van der Waals surface area contributed by atoms with Gasteiger partial charge in [0.1, 0.15) is 30.8 Å². The third-order valence-corrected chi connectivity index (χ3v) is 5.66. The topological polar surface area (TPSA) is 54.0 Å². The Labute approximate surface area is 181 Å². The first kappa shape index (κ1) is 22.6. The molecule has 2 aromatic carbocycles. The molecule has 164 valence electrons. The Morgan fingerprint density at radius 2 is 1.77 bits per heavy atom. The van der Waals surface area contributed by atoms with Crippen molar-refractivity contribution in [3.8, 4) is 11.5 Å². The lowest BCUT2D eigenvalue weighted by atomic mass is 9.94. The second-order valence-corrected chi connectivity index (χ2v) is 8.18. The summed E-state index contributed by atoms with van der Waals surface area (Å²) in [6.45, 7) is 3.13. The number of para-hydroxylation sites is 1. The van der Waals surface area contributed by atoms with Gasteiger partial charge in [-0.15, -0.1) is 0 Å². The number of ether oxygens (including phenoxy) is 2. The SMILES string of the molecule is CN(C[C@@H](O)COc1cccc(CNCCOc2ccccc2)c1)C1CCCCC1. The van der Waals surface area contributed by atoms with E-state index in [1.807, 2.05) is 48.5 Å². The summed E-state index contributed by atoms with van der Waals surface area (Å²) in [6, 6.07) is 18.5. The summed E-state index contributed by atoms with van der Waals surface area (Å²) in [5.41, 5.74) is 1.15. The number of aliphatic hydroxyl groups excluding tert-OH is 1. The summed E-state index contributed by atoms with van der Waals surface area (Å²) >= 11 is 0. The number of likely N-dealkylation sites (N-methyl/N-ethyl adjacent to an activating group) is 1. The molecule has 1 saturated carbocycles. The van der Waals surface area contributed by atoms with Gasteiger partial charge in [0.05, 0.1) is 0 Å². The van der Waals surface area contributed by atoms with Crippen LogP contribution in [0.1, 0.15) is 37.7 Å². The Kier molecular flexibility index (Phi) is 9.48. The van der Waals surface area contributed by atoms with Gasteiger partial charge < -0.3 is 24.8 Å². The van der Waals surface area contributed by atoms with Gasteiger partial charge in [0.15, 0.2) is 0 Å². The zero-order valence-electron chi connectivity index (χ0n) is 18.1. The summed E-state index contributed by atoms with van der Waals surface area (Å²) < 4.78 is 11.5. The summed E-state index contributed by atoms with van der Waals surface area (Å²) in [5.74, 6) is 1.69. The van der Waals surface area contributed by atoms with Crippen molar-refractivity contribution < 1.29 is 14.6 Å². The van der Waals surface area contributed by atoms with Crippen molar-refractivity contribution in [2.75, 3.05) is 33.4 Å². The molecule has 2 N–H and O–H groups in total. The molecular formula is C25H36N2O3. The van der Waals surface area contributed by atoms with Crippen molar-refractivity contribution in [1.82, 2.24) is 10.2 Å². The fraction of sp³-hybridized carbons (Fsp3) is 0.520. The number of hydrogen-bond donors (Lipinski definition) is 2. The van der Waals surface area contributed by atoms with Gasteiger partial charge >= 0.3 is 0 Å². The van der Waals surface area contributed by atoms with Crippen LogP contribution in [0.3, 0.4) is 0 Å². The third-order valence-electron chi connectivity index (χ3n) is 5.66. The monoisotopic (exact) mass is 412 g/mol. The molecule has 0 radical (unpaired) electrons. The Bertz CT molecular complexity index is 719. The highest BCUT2D eigenvalue weighted by molar-refractivity contribution is 5.28. The molecule has 0 spiro atoms. The van der Waals surface area contributed by atoms with Gasteiger partial charge in [-0.3, -0.25) is 0 Å². The average Bonchev–Trinajstić information content (AvgIpc) is 2.79. The van der Waals surface area contributed by atoms with E-state index in [0.29, 0.717) is 25.8 Å². The number of nitrogens with zero attached hydrogens (tertiary/aromatic N) is 1. The molecule has 0 aromatic heterocycles. The van der Waals surface area contributed by atoms with E-state index in [2.05, 4.69) is 23.3 Å². The molecule has 0 heterocycles. The second kappa shape index (κ2) is 12.6. The van der Waals surface area contributed by atoms with E-state index in [1.54, 1.807) is 0 Å². The van der Waals surface area contributed by atoms with Gasteiger partial charge in [-0.05, 0) is 49.7 Å². The number of hydrogen-bond acceptors (Lipinski definition) is 5. The number of nitrogens with one attached hydrogen (secondary N) is 1. The molecule has 2 aromatic rings. The zero-order valence-corrected chi connectivity index (χ0v) is 18.1. The van der Waals surface area contributed by atoms with Crippen LogP contribution in [0.5, 0.6) is 11.5 Å². The Morgan fingerprint density at radius 3 is 2.57 bits per heavy atom. The number of aliphatic hydroxyl groups is 1. The summed E-state index contributed by atoms with van der Waals surface area (Å²) in [7, 11) is 2.12. The maximum absolute atomic E-state index is 10.4. The van der Waals surface area contributed by atoms with Crippen LogP contribution in [0.4, 0.5) is 0 Å². The maximum atomic E-state index is 10.4. The minimum atomic E-state index is -0.478. The van der Waals surface area contributed by atoms with E-state index in [9.17, 15) is 5.11 Å². The van der Waals surface area contributed by atoms with Gasteiger partial charge in [0.25, 0.3) is 0 Å². The molecule has 30 heavy (non-hydrogen) atoms. The van der Waals surface area contributed by atoms with Gasteiger partial charge in [0.2, 0.25) is 0 Å². The lowest BCUT2D eigenvalue weighted by Gasteiger charge is -2.32. The van der Waals surface area contributed by atoms with Crippen LogP contribution in [0.2, 0.25) is 0 Å². The van der Waals surface area contributed by atoms with Crippen LogP contribution in [0.15, 0.2) is 54.6 Å². The fourth-order valence-corrected chi connectivity index (χ4v) is 3.98. The van der Waals surface area contributed by atoms with Gasteiger partial charge in [-0.25, -0.2) is 0 Å². The molecule has 1 fully saturated rings. The van der Waals surface area contributed by atoms with Crippen LogP contribution in [0, 0.1) is 0 Å². The molecule has 1 atom stereocenters. The Balaban J connectivity index is 1.33. The van der Waals surface area contributed by atoms with Crippen molar-refractivity contribution in [1.29, 1.82) is 0 Å². The van der Waals surface area contributed by atoms with E-state index in [4.69, 9.17) is 9.47 Å². The van der Waals surface area contributed by atoms with Crippen LogP contribution in [-0.4, -0.2) is 55.5 Å². The molecule has 0 bridgehead atoms. The van der Waals surface area contributed by atoms with Gasteiger partial charge in [-0.2, -0.15) is 0 Å². The number of benzene rings is 2. The lowest BCUT2D eigenvalue weighted by molar-refractivity contribution is 0.0561. The zero-order chi connectivity index (χ0) is 21.0. The van der Waals surface area contributed by atoms with Crippen molar-refractivity contribution >= 4 is 0 Å². The number of rotatable bonds is 12. The maximum Gasteiger partial charge on any atom is 0.119 e. The average molecular weight is 413 g/mol. The van der Waals surface area contributed by atoms with E-state index < -0.39 is 6.10 Å². The van der Waals surface area contributed by atoms with Crippen LogP contribution < -0.4 is 14.8 Å². The second-order valence-electron chi connectivity index (χ2n) is 8.18. The molecular weight excluding hydrogens is 376 g/mol. The fourth-order valence-electron chi connectivity index (χ4n) is 3.98. The van der Waals surface area contributed by atoms with Crippen LogP contribution in [0.25, 0.3) is 0 Å². The molecule has 0 saturated heterocycles. The molecule has 0 unspecified atom stereocenters. The molecule has 5 heteroatoms. The van der Waals surface area contributed by atoms with E-state index in [1.165, 1.54) is 32.1 Å². The smallest absolute Gasteiger partial charge is 0.119 e. The molecule has 3 rings (SSSR count). The summed E-state index contributed by atoms with van der Waals surface area (Å²) in [5, 5.41) is 13.8. The van der Waals surface area contributed by atoms with Crippen molar-refractivity contribution in [2.24, 2.45) is 0 Å². The highest BCUT2D eigenvalue weighted by atomic mass is 16.5. The molecule has 0 amide bonds. The minimum Gasteiger partial charge on any atom is -0.492 e. The Morgan fingerprint density at radius 1 is 1.00 bits per heavy atom. The summed E-state index contributed by atoms with van der Waals surface area (Å²) in [6.07, 6.45) is 5.97. The normalized spacial score (nSPS) is 15.8. The molecule has 5 nitrogen and oxygen atoms in total. The molecule has 1 aliphatic rings. The quantitative estimate of drug-likeness (QED) is 0.519. The van der Waals surface area contributed by atoms with E-state index >= 15 is 0 Å². The van der Waals surface area contributed by atoms with E-state index in [0.717, 1.165) is 30.2 Å². The summed E-state index contributed by atoms with van der Waals surface area (Å²) in [4.78, 5) is 2.30. The lowest BCUT2D eigenvalue weighted by Crippen LogP contribution is -2.40. The van der Waals surface area contributed by atoms with E-state index in [-0.39, 0.29) is 0 Å². The highest BCUT2D eigenvalue weighted by Gasteiger charge is 2.20. The highest BCUT2D eigenvalue weighted by Crippen LogP contribution is 2.21. The predicted octanol–water partition coefficient (Wildman–Crippen LogP) is 3.86. The van der Waals surface area contributed by atoms with Crippen LogP contribution in [-0.2, 0) is 6.54 Å². The van der Waals surface area contributed by atoms with Crippen molar-refractivity contribution in [2.45, 2.75) is 50.8 Å². The van der Waals surface area contributed by atoms with Crippen LogP contribution >= 0.6 is 0 Å². The first-order valence-electron chi connectivity index (χ1n) is 11.2. The first-order valence-corrected chi connectivity index (χ1v) is 11.2. The standard InChI is InChI=1S/C25H36N2O3/c1-27(22-10-4-2-5-11-22)19-23(28)20-30-25-14-8-9-21(17-25)18-26-15-16-29-24-12-6-3-7-13-24/h3,6-9,12-14,17,22-23,26,28H,2,4-5,10-11,15-16,18-20H2,1H3/t23-/m1/s1. The first-order chi connectivity index (χ1) is 14.7. The predicted molar refractivity (Wildman–Crippen MR) is 121 cm³/mol. The minimum absolute atomic E-state index is 0.318. The van der Waals surface area contributed by atoms with Crippen molar-refractivity contribution in [3.63, 3.8) is 0 Å². The van der Waals surface area contributed by atoms with Gasteiger partial charge in [-0.1, -0.05) is 49.6 Å². The van der Waals surface area contributed by atoms with Crippen molar-refractivity contribution in [3.05, 3.63) is 60.2 Å². The Hall–Kier alpha value is -2.08. The third kappa shape index (κ3) is 7.98.